The smallest absolute Gasteiger partial charge is 0.297 e. The Bertz CT molecular complexity index is 229. The van der Waals surface area contributed by atoms with Crippen LogP contribution in [0.2, 0.25) is 0 Å². The molecule has 1 aliphatic rings. The van der Waals surface area contributed by atoms with Crippen LogP contribution in [0.4, 0.5) is 0 Å². The molecule has 0 amide bonds. The van der Waals surface area contributed by atoms with Crippen LogP contribution in [-0.4, -0.2) is 40.3 Å². The molecule has 1 atom stereocenters. The zero-order valence-corrected chi connectivity index (χ0v) is 8.38. The van der Waals surface area contributed by atoms with Crippen LogP contribution in [0.5, 0.6) is 0 Å². The second kappa shape index (κ2) is 4.90. The average Bonchev–Trinajstić information content (AvgIpc) is 2.16. The van der Waals surface area contributed by atoms with E-state index in [1.165, 1.54) is 0 Å². The molecule has 0 aromatic rings. The summed E-state index contributed by atoms with van der Waals surface area (Å²) in [5.41, 5.74) is -0.951. The van der Waals surface area contributed by atoms with E-state index in [1.807, 2.05) is 6.92 Å². The highest BCUT2D eigenvalue weighted by atomic mass is 32.2. The van der Waals surface area contributed by atoms with Crippen molar-refractivity contribution in [2.45, 2.75) is 18.8 Å². The van der Waals surface area contributed by atoms with E-state index < -0.39 is 15.6 Å². The van der Waals surface area contributed by atoms with Crippen LogP contribution < -0.4 is 0 Å². The van der Waals surface area contributed by atoms with Crippen LogP contribution >= 0.6 is 0 Å². The Morgan fingerprint density at radius 1 is 1.46 bits per heavy atom. The molecule has 0 N–H and O–H groups in total. The van der Waals surface area contributed by atoms with Crippen molar-refractivity contribution in [2.24, 2.45) is 0 Å². The van der Waals surface area contributed by atoms with Gasteiger partial charge in [0.1, 0.15) is 0 Å². The first-order valence-electron chi connectivity index (χ1n) is 4.24. The second-order valence-corrected chi connectivity index (χ2v) is 4.44. The second-order valence-electron chi connectivity index (χ2n) is 2.69. The Morgan fingerprint density at radius 2 is 2.23 bits per heavy atom. The maximum Gasteiger partial charge on any atom is 0.297 e. The van der Waals surface area contributed by atoms with Gasteiger partial charge < -0.3 is 9.47 Å². The number of hydrogen-bond acceptors (Lipinski definition) is 5. The van der Waals surface area contributed by atoms with Gasteiger partial charge in [-0.3, -0.25) is 4.18 Å². The summed E-state index contributed by atoms with van der Waals surface area (Å²) < 4.78 is 37.3. The number of hydrogen-bond donors (Lipinski definition) is 0. The third kappa shape index (κ3) is 3.22. The van der Waals surface area contributed by atoms with Gasteiger partial charge in [-0.1, -0.05) is 6.92 Å². The predicted octanol–water partition coefficient (Wildman–Crippen LogP) is 0.116. The molecular formula is C7H14O5S. The fourth-order valence-corrected chi connectivity index (χ4v) is 1.98. The van der Waals surface area contributed by atoms with Crippen molar-refractivity contribution in [3.8, 4) is 0 Å². The van der Waals surface area contributed by atoms with Crippen molar-refractivity contribution in [3.05, 3.63) is 0 Å². The molecule has 1 unspecified atom stereocenters. The molecule has 5 nitrogen and oxygen atoms in total. The minimum Gasteiger partial charge on any atom is -0.375 e. The first-order valence-corrected chi connectivity index (χ1v) is 5.71. The van der Waals surface area contributed by atoms with E-state index in [1.54, 1.807) is 0 Å². The molecule has 1 rings (SSSR count). The molecule has 1 aliphatic heterocycles. The van der Waals surface area contributed by atoms with Crippen LogP contribution in [0.15, 0.2) is 0 Å². The summed E-state index contributed by atoms with van der Waals surface area (Å²) in [6.07, 6.45) is 0.660. The van der Waals surface area contributed by atoms with Crippen molar-refractivity contribution < 1.29 is 22.1 Å². The summed E-state index contributed by atoms with van der Waals surface area (Å²) in [5, 5.41) is 0. The first kappa shape index (κ1) is 10.9. The Morgan fingerprint density at radius 3 is 2.77 bits per heavy atom. The molecule has 1 fully saturated rings. The van der Waals surface area contributed by atoms with Gasteiger partial charge in [-0.15, -0.1) is 0 Å². The van der Waals surface area contributed by atoms with Crippen LogP contribution in [0.25, 0.3) is 0 Å². The maximum atomic E-state index is 11.3. The standard InChI is InChI=1S/C7H14O5S/c1-2-3-12-13(8,9)7-6-10-4-5-11-7/h7H,2-6H2,1H3. The Kier molecular flexibility index (Phi) is 4.11. The highest BCUT2D eigenvalue weighted by Crippen LogP contribution is 2.10. The van der Waals surface area contributed by atoms with E-state index in [9.17, 15) is 8.42 Å². The molecule has 0 bridgehead atoms. The van der Waals surface area contributed by atoms with Crippen molar-refractivity contribution in [1.82, 2.24) is 0 Å². The summed E-state index contributed by atoms with van der Waals surface area (Å²) in [6.45, 7) is 2.85. The van der Waals surface area contributed by atoms with E-state index in [2.05, 4.69) is 4.18 Å². The molecule has 0 radical (unpaired) electrons. The lowest BCUT2D eigenvalue weighted by atomic mass is 10.5. The van der Waals surface area contributed by atoms with Crippen molar-refractivity contribution in [3.63, 3.8) is 0 Å². The van der Waals surface area contributed by atoms with Gasteiger partial charge in [-0.05, 0) is 6.42 Å². The zero-order chi connectivity index (χ0) is 9.73. The molecule has 78 valence electrons. The molecule has 0 spiro atoms. The van der Waals surface area contributed by atoms with Gasteiger partial charge in [0.05, 0.1) is 26.4 Å². The van der Waals surface area contributed by atoms with Crippen LogP contribution in [0.3, 0.4) is 0 Å². The molecule has 0 aliphatic carbocycles. The monoisotopic (exact) mass is 210 g/mol. The third-order valence-corrected chi connectivity index (χ3v) is 2.97. The fourth-order valence-electron chi connectivity index (χ4n) is 0.908. The van der Waals surface area contributed by atoms with Crippen LogP contribution in [0.1, 0.15) is 13.3 Å². The lowest BCUT2D eigenvalue weighted by Gasteiger charge is -2.22. The zero-order valence-electron chi connectivity index (χ0n) is 7.56. The summed E-state index contributed by atoms with van der Waals surface area (Å²) in [5.74, 6) is 0. The largest absolute Gasteiger partial charge is 0.375 e. The van der Waals surface area contributed by atoms with Crippen molar-refractivity contribution in [2.75, 3.05) is 26.4 Å². The fraction of sp³-hybridized carbons (Fsp3) is 1.00. The van der Waals surface area contributed by atoms with E-state index in [0.29, 0.717) is 19.6 Å². The molecule has 0 aromatic heterocycles. The topological polar surface area (TPSA) is 61.8 Å². The third-order valence-electron chi connectivity index (χ3n) is 1.56. The molecule has 0 aromatic carbocycles. The molecule has 13 heavy (non-hydrogen) atoms. The van der Waals surface area contributed by atoms with Crippen molar-refractivity contribution >= 4 is 10.1 Å². The summed E-state index contributed by atoms with van der Waals surface area (Å²) in [7, 11) is -3.59. The van der Waals surface area contributed by atoms with E-state index in [0.717, 1.165) is 0 Å². The number of rotatable bonds is 4. The van der Waals surface area contributed by atoms with E-state index >= 15 is 0 Å². The minimum atomic E-state index is -3.59. The Balaban J connectivity index is 2.47. The highest BCUT2D eigenvalue weighted by Gasteiger charge is 2.29. The van der Waals surface area contributed by atoms with Crippen molar-refractivity contribution in [1.29, 1.82) is 0 Å². The van der Waals surface area contributed by atoms with Gasteiger partial charge in [0.2, 0.25) is 5.44 Å². The van der Waals surface area contributed by atoms with Gasteiger partial charge in [0, 0.05) is 0 Å². The van der Waals surface area contributed by atoms with Gasteiger partial charge in [-0.25, -0.2) is 0 Å². The average molecular weight is 210 g/mol. The van der Waals surface area contributed by atoms with Gasteiger partial charge in [0.25, 0.3) is 10.1 Å². The Hall–Kier alpha value is -0.170. The molecule has 1 saturated heterocycles. The maximum absolute atomic E-state index is 11.3. The predicted molar refractivity (Wildman–Crippen MR) is 45.7 cm³/mol. The molecule has 0 saturated carbocycles. The van der Waals surface area contributed by atoms with Gasteiger partial charge in [-0.2, -0.15) is 8.42 Å². The van der Waals surface area contributed by atoms with Gasteiger partial charge in [0.15, 0.2) is 0 Å². The van der Waals surface area contributed by atoms with E-state index in [4.69, 9.17) is 9.47 Å². The van der Waals surface area contributed by atoms with Gasteiger partial charge >= 0.3 is 0 Å². The molecule has 6 heteroatoms. The number of ether oxygens (including phenoxy) is 2. The molecule has 1 heterocycles. The summed E-state index contributed by atoms with van der Waals surface area (Å²) >= 11 is 0. The summed E-state index contributed by atoms with van der Waals surface area (Å²) in [6, 6.07) is 0. The lowest BCUT2D eigenvalue weighted by Crippen LogP contribution is -2.36. The molecular weight excluding hydrogens is 196 g/mol. The Labute approximate surface area is 78.1 Å². The van der Waals surface area contributed by atoms with E-state index in [-0.39, 0.29) is 13.2 Å². The minimum absolute atomic E-state index is 0.0616. The lowest BCUT2D eigenvalue weighted by molar-refractivity contribution is -0.0574. The highest BCUT2D eigenvalue weighted by molar-refractivity contribution is 7.87. The SMILES string of the molecule is CCCOS(=O)(=O)C1COCCO1. The van der Waals surface area contributed by atoms with Crippen LogP contribution in [-0.2, 0) is 23.8 Å². The summed E-state index contributed by atoms with van der Waals surface area (Å²) in [4.78, 5) is 0. The van der Waals surface area contributed by atoms with Crippen LogP contribution in [0, 0.1) is 0 Å². The normalized spacial score (nSPS) is 24.5. The quantitative estimate of drug-likeness (QED) is 0.616. The first-order chi connectivity index (χ1) is 6.17.